The second-order valence-electron chi connectivity index (χ2n) is 4.90. The topological polar surface area (TPSA) is 64.6 Å². The predicted octanol–water partition coefficient (Wildman–Crippen LogP) is 2.02. The summed E-state index contributed by atoms with van der Waals surface area (Å²) in [6, 6.07) is 3.36. The first-order valence-corrected chi connectivity index (χ1v) is 8.02. The van der Waals surface area contributed by atoms with Gasteiger partial charge < -0.3 is 9.47 Å². The Kier molecular flexibility index (Phi) is 5.98. The molecule has 1 N–H and O–H groups in total. The monoisotopic (exact) mass is 301 g/mol. The number of sulfonamides is 1. The largest absolute Gasteiger partial charge is 0.496 e. The Hall–Kier alpha value is -1.11. The quantitative estimate of drug-likeness (QED) is 0.783. The van der Waals surface area contributed by atoms with Crippen LogP contribution in [0.25, 0.3) is 0 Å². The molecule has 0 unspecified atom stereocenters. The summed E-state index contributed by atoms with van der Waals surface area (Å²) in [5.74, 6) is 0.685. The number of aryl methyl sites for hydroxylation is 2. The van der Waals surface area contributed by atoms with E-state index in [-0.39, 0.29) is 17.5 Å². The summed E-state index contributed by atoms with van der Waals surface area (Å²) < 4.78 is 37.5. The van der Waals surface area contributed by atoms with E-state index in [4.69, 9.17) is 9.47 Å². The molecule has 0 radical (unpaired) electrons. The molecule has 0 atom stereocenters. The number of nitrogens with one attached hydrogen (secondary N) is 1. The highest BCUT2D eigenvalue weighted by Gasteiger charge is 2.18. The Labute approximate surface area is 121 Å². The van der Waals surface area contributed by atoms with E-state index in [9.17, 15) is 8.42 Å². The van der Waals surface area contributed by atoms with Crippen LogP contribution in [0, 0.1) is 13.8 Å². The molecular formula is C14H23NO4S. The van der Waals surface area contributed by atoms with E-state index in [0.29, 0.717) is 17.9 Å². The van der Waals surface area contributed by atoms with Crippen LogP contribution in [0.5, 0.6) is 5.75 Å². The van der Waals surface area contributed by atoms with Crippen molar-refractivity contribution in [3.8, 4) is 5.75 Å². The van der Waals surface area contributed by atoms with Crippen LogP contribution in [0.3, 0.4) is 0 Å². The second kappa shape index (κ2) is 7.06. The van der Waals surface area contributed by atoms with Crippen LogP contribution in [-0.4, -0.2) is 34.8 Å². The molecule has 6 heteroatoms. The molecule has 114 valence electrons. The maximum Gasteiger partial charge on any atom is 0.240 e. The number of ether oxygens (including phenoxy) is 2. The van der Waals surface area contributed by atoms with Crippen LogP contribution in [0.15, 0.2) is 17.0 Å². The van der Waals surface area contributed by atoms with Gasteiger partial charge in [0.2, 0.25) is 10.0 Å². The first kappa shape index (κ1) is 16.9. The van der Waals surface area contributed by atoms with E-state index < -0.39 is 10.0 Å². The Morgan fingerprint density at radius 1 is 1.20 bits per heavy atom. The third-order valence-corrected chi connectivity index (χ3v) is 4.43. The average molecular weight is 301 g/mol. The van der Waals surface area contributed by atoms with Crippen molar-refractivity contribution in [1.82, 2.24) is 4.72 Å². The van der Waals surface area contributed by atoms with Crippen LogP contribution < -0.4 is 9.46 Å². The number of rotatable bonds is 7. The smallest absolute Gasteiger partial charge is 0.240 e. The number of hydrogen-bond donors (Lipinski definition) is 1. The molecule has 0 saturated carbocycles. The minimum Gasteiger partial charge on any atom is -0.496 e. The van der Waals surface area contributed by atoms with Crippen molar-refractivity contribution in [3.63, 3.8) is 0 Å². The fourth-order valence-electron chi connectivity index (χ4n) is 1.82. The van der Waals surface area contributed by atoms with Gasteiger partial charge in [-0.1, -0.05) is 0 Å². The first-order chi connectivity index (χ1) is 9.27. The van der Waals surface area contributed by atoms with Crippen molar-refractivity contribution < 1.29 is 17.9 Å². The van der Waals surface area contributed by atoms with Gasteiger partial charge in [0.15, 0.2) is 0 Å². The van der Waals surface area contributed by atoms with Gasteiger partial charge in [0.25, 0.3) is 0 Å². The molecule has 0 aliphatic heterocycles. The summed E-state index contributed by atoms with van der Waals surface area (Å²) >= 11 is 0. The van der Waals surface area contributed by atoms with Crippen LogP contribution in [0.2, 0.25) is 0 Å². The first-order valence-electron chi connectivity index (χ1n) is 6.54. The van der Waals surface area contributed by atoms with Crippen molar-refractivity contribution in [2.75, 3.05) is 20.3 Å². The van der Waals surface area contributed by atoms with Crippen molar-refractivity contribution in [1.29, 1.82) is 0 Å². The fourth-order valence-corrected chi connectivity index (χ4v) is 3.14. The van der Waals surface area contributed by atoms with Gasteiger partial charge in [-0.2, -0.15) is 0 Å². The Balaban J connectivity index is 2.85. The zero-order valence-corrected chi connectivity index (χ0v) is 13.5. The average Bonchev–Trinajstić information content (AvgIpc) is 2.36. The van der Waals surface area contributed by atoms with E-state index in [1.54, 1.807) is 26.2 Å². The molecular weight excluding hydrogens is 278 g/mol. The highest BCUT2D eigenvalue weighted by Crippen LogP contribution is 2.25. The molecule has 0 fully saturated rings. The van der Waals surface area contributed by atoms with Gasteiger partial charge >= 0.3 is 0 Å². The number of benzene rings is 1. The lowest BCUT2D eigenvalue weighted by Crippen LogP contribution is -2.28. The van der Waals surface area contributed by atoms with Gasteiger partial charge in [0, 0.05) is 6.54 Å². The van der Waals surface area contributed by atoms with Crippen molar-refractivity contribution in [3.05, 3.63) is 23.3 Å². The maximum atomic E-state index is 12.2. The summed E-state index contributed by atoms with van der Waals surface area (Å²) in [7, 11) is -1.96. The van der Waals surface area contributed by atoms with E-state index >= 15 is 0 Å². The van der Waals surface area contributed by atoms with Gasteiger partial charge in [0.1, 0.15) is 5.75 Å². The predicted molar refractivity (Wildman–Crippen MR) is 78.7 cm³/mol. The molecule has 0 aliphatic rings. The zero-order chi connectivity index (χ0) is 15.3. The third kappa shape index (κ3) is 4.47. The highest BCUT2D eigenvalue weighted by atomic mass is 32.2. The van der Waals surface area contributed by atoms with Gasteiger partial charge in [-0.05, 0) is 51.0 Å². The molecule has 0 aromatic heterocycles. The molecule has 5 nitrogen and oxygen atoms in total. The highest BCUT2D eigenvalue weighted by molar-refractivity contribution is 7.89. The molecule has 0 spiro atoms. The van der Waals surface area contributed by atoms with Gasteiger partial charge in [-0.3, -0.25) is 0 Å². The van der Waals surface area contributed by atoms with Crippen LogP contribution in [0.4, 0.5) is 0 Å². The van der Waals surface area contributed by atoms with Gasteiger partial charge in [-0.15, -0.1) is 0 Å². The van der Waals surface area contributed by atoms with Crippen molar-refractivity contribution >= 4 is 10.0 Å². The van der Waals surface area contributed by atoms with Crippen molar-refractivity contribution in [2.24, 2.45) is 0 Å². The number of methoxy groups -OCH3 is 1. The minimum absolute atomic E-state index is 0.0875. The molecule has 0 heterocycles. The van der Waals surface area contributed by atoms with Crippen molar-refractivity contribution in [2.45, 2.75) is 38.7 Å². The lowest BCUT2D eigenvalue weighted by molar-refractivity contribution is 0.0834. The molecule has 0 bridgehead atoms. The second-order valence-corrected chi connectivity index (χ2v) is 6.64. The summed E-state index contributed by atoms with van der Waals surface area (Å²) in [6.07, 6.45) is 0.0875. The van der Waals surface area contributed by atoms with Crippen LogP contribution in [0.1, 0.15) is 25.0 Å². The summed E-state index contributed by atoms with van der Waals surface area (Å²) in [5, 5.41) is 0. The van der Waals surface area contributed by atoms with Gasteiger partial charge in [0.05, 0.1) is 24.7 Å². The Bertz CT molecular complexity index is 553. The summed E-state index contributed by atoms with van der Waals surface area (Å²) in [5.41, 5.74) is 1.45. The minimum atomic E-state index is -3.52. The molecule has 0 saturated heterocycles. The molecule has 1 aromatic rings. The molecule has 20 heavy (non-hydrogen) atoms. The normalized spacial score (nSPS) is 11.9. The molecule has 1 aromatic carbocycles. The maximum absolute atomic E-state index is 12.2. The SMILES string of the molecule is COc1cc(C)c(S(=O)(=O)NCCOC(C)C)cc1C. The van der Waals surface area contributed by atoms with Crippen LogP contribution in [-0.2, 0) is 14.8 Å². The van der Waals surface area contributed by atoms with Crippen LogP contribution >= 0.6 is 0 Å². The van der Waals surface area contributed by atoms with E-state index in [1.165, 1.54) is 0 Å². The summed E-state index contributed by atoms with van der Waals surface area (Å²) in [4.78, 5) is 0.278. The molecule has 0 aliphatic carbocycles. The van der Waals surface area contributed by atoms with E-state index in [0.717, 1.165) is 5.56 Å². The molecule has 0 amide bonds. The lowest BCUT2D eigenvalue weighted by Gasteiger charge is -2.13. The number of hydrogen-bond acceptors (Lipinski definition) is 4. The zero-order valence-electron chi connectivity index (χ0n) is 12.7. The standard InChI is InChI=1S/C14H23NO4S/c1-10(2)19-7-6-15-20(16,17)14-9-11(3)13(18-5)8-12(14)4/h8-10,15H,6-7H2,1-5H3. The Morgan fingerprint density at radius 3 is 2.40 bits per heavy atom. The molecule has 1 rings (SSSR count). The fraction of sp³-hybridized carbons (Fsp3) is 0.571. The van der Waals surface area contributed by atoms with E-state index in [2.05, 4.69) is 4.72 Å². The summed E-state index contributed by atoms with van der Waals surface area (Å²) in [6.45, 7) is 7.99. The lowest BCUT2D eigenvalue weighted by atomic mass is 10.1. The van der Waals surface area contributed by atoms with E-state index in [1.807, 2.05) is 20.8 Å². The Morgan fingerprint density at radius 2 is 1.85 bits per heavy atom. The third-order valence-electron chi connectivity index (χ3n) is 2.83. The van der Waals surface area contributed by atoms with Gasteiger partial charge in [-0.25, -0.2) is 13.1 Å².